The summed E-state index contributed by atoms with van der Waals surface area (Å²) in [5.41, 5.74) is -1.25. The molecule has 0 aromatic rings. The topological polar surface area (TPSA) is 12.0 Å². The van der Waals surface area contributed by atoms with E-state index < -0.39 is 22.5 Å². The Morgan fingerprint density at radius 2 is 2.00 bits per heavy atom. The first-order valence-electron chi connectivity index (χ1n) is 2.96. The minimum atomic E-state index is -4.63. The number of alkyl halides is 4. The quantitative estimate of drug-likeness (QED) is 0.393. The van der Waals surface area contributed by atoms with Gasteiger partial charge in [0.05, 0.1) is 5.57 Å². The molecule has 1 atom stereocenters. The Bertz CT molecular complexity index is 242. The van der Waals surface area contributed by atoms with E-state index in [9.17, 15) is 17.6 Å². The van der Waals surface area contributed by atoms with Crippen LogP contribution >= 0.6 is 15.9 Å². The van der Waals surface area contributed by atoms with E-state index in [0.717, 1.165) is 6.08 Å². The molecular formula is C6H4BrF4N. The summed E-state index contributed by atoms with van der Waals surface area (Å²) >= 11 is 2.85. The molecule has 1 aliphatic heterocycles. The molecule has 1 heterocycles. The number of rotatable bonds is 0. The molecule has 0 bridgehead atoms. The zero-order valence-electron chi connectivity index (χ0n) is 5.62. The van der Waals surface area contributed by atoms with Crippen molar-refractivity contribution in [3.8, 4) is 0 Å². The normalized spacial score (nSPS) is 24.2. The number of hydrogen-bond donors (Lipinski definition) is 1. The summed E-state index contributed by atoms with van der Waals surface area (Å²) < 4.78 is 48.4. The molecule has 68 valence electrons. The second-order valence-electron chi connectivity index (χ2n) is 2.14. The lowest BCUT2D eigenvalue weighted by atomic mass is 10.2. The number of hydrogen-bond acceptors (Lipinski definition) is 1. The number of nitrogens with one attached hydrogen (secondary N) is 1. The highest BCUT2D eigenvalue weighted by atomic mass is 79.9. The molecule has 0 saturated carbocycles. The first kappa shape index (κ1) is 9.57. The Labute approximate surface area is 74.3 Å². The van der Waals surface area contributed by atoms with Gasteiger partial charge in [0.25, 0.3) is 0 Å². The predicted molar refractivity (Wildman–Crippen MR) is 39.2 cm³/mol. The lowest BCUT2D eigenvalue weighted by molar-refractivity contribution is -0.0916. The SMILES string of the molecule is FC1=CNC(Br)C=C1C(F)(F)F. The van der Waals surface area contributed by atoms with Crippen LogP contribution in [0.3, 0.4) is 0 Å². The second kappa shape index (κ2) is 3.08. The van der Waals surface area contributed by atoms with E-state index in [1.165, 1.54) is 0 Å². The Morgan fingerprint density at radius 1 is 1.42 bits per heavy atom. The van der Waals surface area contributed by atoms with Gasteiger partial charge in [0.2, 0.25) is 0 Å². The predicted octanol–water partition coefficient (Wildman–Crippen LogP) is 2.61. The van der Waals surface area contributed by atoms with Crippen molar-refractivity contribution in [2.75, 3.05) is 0 Å². The third-order valence-electron chi connectivity index (χ3n) is 1.24. The van der Waals surface area contributed by atoms with Crippen molar-refractivity contribution >= 4 is 15.9 Å². The summed E-state index contributed by atoms with van der Waals surface area (Å²) in [5, 5.41) is 2.34. The lowest BCUT2D eigenvalue weighted by Crippen LogP contribution is -2.25. The van der Waals surface area contributed by atoms with Gasteiger partial charge in [0.15, 0.2) is 5.83 Å². The molecule has 1 aliphatic rings. The third kappa shape index (κ3) is 2.00. The average Bonchev–Trinajstić information content (AvgIpc) is 1.92. The lowest BCUT2D eigenvalue weighted by Gasteiger charge is -2.17. The van der Waals surface area contributed by atoms with Gasteiger partial charge in [-0.2, -0.15) is 13.2 Å². The summed E-state index contributed by atoms with van der Waals surface area (Å²) in [5.74, 6) is -1.29. The van der Waals surface area contributed by atoms with Crippen molar-refractivity contribution in [3.63, 3.8) is 0 Å². The van der Waals surface area contributed by atoms with Gasteiger partial charge in [-0.15, -0.1) is 0 Å². The van der Waals surface area contributed by atoms with Crippen LogP contribution in [0.2, 0.25) is 0 Å². The Kier molecular flexibility index (Phi) is 2.46. The largest absolute Gasteiger partial charge is 0.419 e. The van der Waals surface area contributed by atoms with Crippen molar-refractivity contribution in [1.29, 1.82) is 0 Å². The average molecular weight is 246 g/mol. The number of dihydropyridines is 1. The molecule has 0 spiro atoms. The van der Waals surface area contributed by atoms with Crippen LogP contribution in [-0.4, -0.2) is 11.1 Å². The van der Waals surface area contributed by atoms with Crippen molar-refractivity contribution in [2.45, 2.75) is 11.1 Å². The summed E-state index contributed by atoms with van der Waals surface area (Å²) in [4.78, 5) is -0.673. The minimum absolute atomic E-state index is 0.673. The molecule has 0 amide bonds. The molecule has 6 heteroatoms. The molecule has 0 fully saturated rings. The van der Waals surface area contributed by atoms with E-state index >= 15 is 0 Å². The van der Waals surface area contributed by atoms with Crippen molar-refractivity contribution in [3.05, 3.63) is 23.7 Å². The molecule has 0 aromatic carbocycles. The minimum Gasteiger partial charge on any atom is -0.373 e. The van der Waals surface area contributed by atoms with E-state index in [1.807, 2.05) is 0 Å². The molecule has 0 aliphatic carbocycles. The highest BCUT2D eigenvalue weighted by Crippen LogP contribution is 2.33. The van der Waals surface area contributed by atoms with Crippen LogP contribution < -0.4 is 5.32 Å². The monoisotopic (exact) mass is 245 g/mol. The Balaban J connectivity index is 2.94. The summed E-state index contributed by atoms with van der Waals surface area (Å²) in [6, 6.07) is 0. The van der Waals surface area contributed by atoms with Crippen LogP contribution in [0.5, 0.6) is 0 Å². The van der Waals surface area contributed by atoms with Crippen molar-refractivity contribution in [1.82, 2.24) is 5.32 Å². The van der Waals surface area contributed by atoms with Crippen LogP contribution in [0.4, 0.5) is 17.6 Å². The highest BCUT2D eigenvalue weighted by molar-refractivity contribution is 9.09. The smallest absolute Gasteiger partial charge is 0.373 e. The van der Waals surface area contributed by atoms with Gasteiger partial charge >= 0.3 is 6.18 Å². The molecule has 0 saturated heterocycles. The van der Waals surface area contributed by atoms with E-state index in [4.69, 9.17) is 0 Å². The van der Waals surface area contributed by atoms with Gasteiger partial charge in [0, 0.05) is 6.20 Å². The molecular weight excluding hydrogens is 242 g/mol. The molecule has 0 aromatic heterocycles. The Morgan fingerprint density at radius 3 is 2.42 bits per heavy atom. The maximum atomic E-state index is 12.5. The highest BCUT2D eigenvalue weighted by Gasteiger charge is 2.38. The maximum absolute atomic E-state index is 12.5. The zero-order chi connectivity index (χ0) is 9.35. The van der Waals surface area contributed by atoms with Crippen LogP contribution in [0.1, 0.15) is 0 Å². The van der Waals surface area contributed by atoms with E-state index in [1.54, 1.807) is 0 Å². The molecule has 1 nitrogen and oxygen atoms in total. The molecule has 1 rings (SSSR count). The number of halogens is 5. The van der Waals surface area contributed by atoms with E-state index in [2.05, 4.69) is 21.2 Å². The fourth-order valence-electron chi connectivity index (χ4n) is 0.734. The molecule has 0 radical (unpaired) electrons. The Hall–Kier alpha value is -0.520. The van der Waals surface area contributed by atoms with Gasteiger partial charge < -0.3 is 5.32 Å². The van der Waals surface area contributed by atoms with Crippen LogP contribution in [0, 0.1) is 0 Å². The standard InChI is InChI=1S/C6H4BrF4N/c7-5-1-3(6(9,10)11)4(8)2-12-5/h1-2,5,12H. The second-order valence-corrected chi connectivity index (χ2v) is 3.13. The fourth-order valence-corrected chi connectivity index (χ4v) is 1.13. The fraction of sp³-hybridized carbons (Fsp3) is 0.333. The van der Waals surface area contributed by atoms with Crippen LogP contribution in [-0.2, 0) is 0 Å². The first-order valence-corrected chi connectivity index (χ1v) is 3.88. The maximum Gasteiger partial charge on any atom is 0.419 e. The first-order chi connectivity index (χ1) is 5.41. The van der Waals surface area contributed by atoms with Crippen LogP contribution in [0.15, 0.2) is 23.7 Å². The van der Waals surface area contributed by atoms with Crippen molar-refractivity contribution < 1.29 is 17.6 Å². The summed E-state index contributed by atoms with van der Waals surface area (Å²) in [6.45, 7) is 0. The molecule has 1 N–H and O–H groups in total. The molecule has 12 heavy (non-hydrogen) atoms. The van der Waals surface area contributed by atoms with Gasteiger partial charge in [-0.05, 0) is 6.08 Å². The summed E-state index contributed by atoms with van der Waals surface area (Å²) in [6.07, 6.45) is -3.22. The van der Waals surface area contributed by atoms with Gasteiger partial charge in [-0.1, -0.05) is 15.9 Å². The summed E-state index contributed by atoms with van der Waals surface area (Å²) in [7, 11) is 0. The van der Waals surface area contributed by atoms with Gasteiger partial charge in [0.1, 0.15) is 4.95 Å². The van der Waals surface area contributed by atoms with Crippen molar-refractivity contribution in [2.24, 2.45) is 0 Å². The van der Waals surface area contributed by atoms with Crippen LogP contribution in [0.25, 0.3) is 0 Å². The number of allylic oxidation sites excluding steroid dienone is 2. The molecule has 1 unspecified atom stereocenters. The van der Waals surface area contributed by atoms with E-state index in [0.29, 0.717) is 6.20 Å². The van der Waals surface area contributed by atoms with Gasteiger partial charge in [-0.3, -0.25) is 0 Å². The zero-order valence-corrected chi connectivity index (χ0v) is 7.21. The third-order valence-corrected chi connectivity index (χ3v) is 1.77. The van der Waals surface area contributed by atoms with Gasteiger partial charge in [-0.25, -0.2) is 4.39 Å². The van der Waals surface area contributed by atoms with E-state index in [-0.39, 0.29) is 0 Å².